The molecule has 0 aliphatic rings. The Balaban J connectivity index is 1.86. The number of rotatable bonds is 27. The number of unbranched alkanes of at least 4 members (excludes halogenated alkanes) is 1. The molecule has 0 bridgehead atoms. The molecule has 20 nitrogen and oxygen atoms in total. The minimum atomic E-state index is -1.88. The van der Waals surface area contributed by atoms with Crippen LogP contribution >= 0.6 is 11.6 Å². The van der Waals surface area contributed by atoms with Crippen molar-refractivity contribution in [3.05, 3.63) is 51.9 Å². The van der Waals surface area contributed by atoms with E-state index in [-0.39, 0.29) is 55.2 Å². The topological polar surface area (TPSA) is 360 Å². The van der Waals surface area contributed by atoms with Gasteiger partial charge in [0.1, 0.15) is 30.5 Å². The van der Waals surface area contributed by atoms with Crippen molar-refractivity contribution >= 4 is 35.2 Å². The number of aromatic nitrogens is 2. The third kappa shape index (κ3) is 16.9. The average Bonchev–Trinajstić information content (AvgIpc) is 3.19. The molecule has 0 aliphatic heterocycles. The summed E-state index contributed by atoms with van der Waals surface area (Å²) in [5.41, 5.74) is 19.6. The van der Waals surface area contributed by atoms with Crippen molar-refractivity contribution in [2.24, 2.45) is 16.5 Å². The van der Waals surface area contributed by atoms with Crippen molar-refractivity contribution in [3.63, 3.8) is 0 Å². The van der Waals surface area contributed by atoms with Crippen LogP contribution in [0.25, 0.3) is 0 Å². The lowest BCUT2D eigenvalue weighted by molar-refractivity contribution is -0.127. The number of benzene rings is 1. The molecule has 9 atom stereocenters. The molecule has 0 saturated carbocycles. The summed E-state index contributed by atoms with van der Waals surface area (Å²) in [6, 6.07) is 7.24. The van der Waals surface area contributed by atoms with Crippen LogP contribution in [0.1, 0.15) is 66.3 Å². The van der Waals surface area contributed by atoms with Gasteiger partial charge in [-0.2, -0.15) is 0 Å². The van der Waals surface area contributed by atoms with E-state index in [4.69, 9.17) is 33.9 Å². The Morgan fingerprint density at radius 3 is 1.93 bits per heavy atom. The molecule has 0 unspecified atom stereocenters. The fourth-order valence-corrected chi connectivity index (χ4v) is 6.04. The standard InChI is InChI=1S/C37H62ClN9O11/c1-3-24(49)29(53)30(54)25(50)17-47(18-26(51)31(55)32(56)27(52)19-48)16-6-15-42-23(35(40)57)13-12-22-10-8-21(9-11-22)7-4-5-14-43-37(41)46-36(58)28-34(39)44-20(2)33(38)45-28/h8-11,23-27,29-32,42,48-56H,3-7,12-19H2,1-2H3,(H2,39,44)(H2,40,57)(H3,41,43,46,58)/t23-,24+,25-,26-,27+,29+,30+,31+,32+/m0/s1. The molecule has 0 spiro atoms. The van der Waals surface area contributed by atoms with Gasteiger partial charge in [0.15, 0.2) is 22.6 Å². The average molecular weight is 844 g/mol. The van der Waals surface area contributed by atoms with E-state index in [1.165, 1.54) is 4.90 Å². The second kappa shape index (κ2) is 25.8. The number of aliphatic hydroxyl groups is 9. The molecule has 0 saturated heterocycles. The summed E-state index contributed by atoms with van der Waals surface area (Å²) in [6.45, 7) is 2.41. The Labute approximate surface area is 342 Å². The van der Waals surface area contributed by atoms with Gasteiger partial charge in [-0.3, -0.25) is 24.8 Å². The normalized spacial score (nSPS) is 16.9. The van der Waals surface area contributed by atoms with Crippen LogP contribution in [0.4, 0.5) is 5.82 Å². The monoisotopic (exact) mass is 843 g/mol. The van der Waals surface area contributed by atoms with Gasteiger partial charge in [0.25, 0.3) is 5.91 Å². The van der Waals surface area contributed by atoms with E-state index in [9.17, 15) is 50.4 Å². The molecule has 17 N–H and O–H groups in total. The summed E-state index contributed by atoms with van der Waals surface area (Å²) in [5, 5.41) is 96.4. The lowest BCUT2D eigenvalue weighted by Crippen LogP contribution is -2.53. The van der Waals surface area contributed by atoms with E-state index in [1.54, 1.807) is 13.8 Å². The number of aryl methyl sites for hydroxylation is 3. The molecule has 1 aromatic carbocycles. The Morgan fingerprint density at radius 2 is 1.38 bits per heavy atom. The Kier molecular flexibility index (Phi) is 22.4. The van der Waals surface area contributed by atoms with Gasteiger partial charge in [0.2, 0.25) is 5.91 Å². The van der Waals surface area contributed by atoms with Gasteiger partial charge in [-0.1, -0.05) is 42.8 Å². The molecule has 2 aromatic rings. The zero-order chi connectivity index (χ0) is 43.5. The largest absolute Gasteiger partial charge is 0.394 e. The number of carbonyl (C=O) groups is 2. The molecule has 58 heavy (non-hydrogen) atoms. The van der Waals surface area contributed by atoms with Gasteiger partial charge in [-0.15, -0.1) is 0 Å². The minimum Gasteiger partial charge on any atom is -0.394 e. The highest BCUT2D eigenvalue weighted by Crippen LogP contribution is 2.16. The first-order valence-corrected chi connectivity index (χ1v) is 19.6. The lowest BCUT2D eigenvalue weighted by atomic mass is 10.00. The minimum absolute atomic E-state index is 0.0574. The molecule has 1 aromatic heterocycles. The van der Waals surface area contributed by atoms with Crippen LogP contribution in [0, 0.1) is 6.92 Å². The lowest BCUT2D eigenvalue weighted by Gasteiger charge is -2.33. The molecule has 0 fully saturated rings. The zero-order valence-electron chi connectivity index (χ0n) is 32.9. The number of nitrogens with one attached hydrogen (secondary N) is 2. The quantitative estimate of drug-likeness (QED) is 0.0235. The number of primary amides is 1. The number of carbonyl (C=O) groups excluding carboxylic acids is 2. The van der Waals surface area contributed by atoms with Gasteiger partial charge in [0, 0.05) is 19.6 Å². The predicted molar refractivity (Wildman–Crippen MR) is 215 cm³/mol. The van der Waals surface area contributed by atoms with Crippen molar-refractivity contribution in [3.8, 4) is 0 Å². The number of hydrogen-bond acceptors (Lipinski definition) is 17. The fraction of sp³-hybridized carbons (Fsp3) is 0.649. The van der Waals surface area contributed by atoms with Crippen LogP contribution in [0.15, 0.2) is 29.3 Å². The smallest absolute Gasteiger partial charge is 0.280 e. The van der Waals surface area contributed by atoms with Gasteiger partial charge in [0.05, 0.1) is 36.7 Å². The molecule has 2 amide bonds. The number of nitrogens with zero attached hydrogens (tertiary/aromatic N) is 4. The first kappa shape index (κ1) is 50.5. The van der Waals surface area contributed by atoms with Gasteiger partial charge in [-0.25, -0.2) is 9.97 Å². The Hall–Kier alpha value is -3.64. The molecule has 21 heteroatoms. The molecular formula is C37H62ClN9O11. The fourth-order valence-electron chi connectivity index (χ4n) is 5.91. The highest BCUT2D eigenvalue weighted by atomic mass is 35.5. The molecule has 2 rings (SSSR count). The summed E-state index contributed by atoms with van der Waals surface area (Å²) in [4.78, 5) is 38.2. The molecule has 1 heterocycles. The SMILES string of the molecule is CC[C@@H](O)[C@@H](O)[C@H](O)[C@@H](O)CN(CCCN[C@@H](CCc1ccc(CCCCN=C(N)NC(=O)c2nc(Cl)c(C)nc2N)cc1)C(N)=O)C[C@H](O)[C@@H](O)[C@H](O)[C@H](O)CO. The van der Waals surface area contributed by atoms with E-state index in [1.807, 2.05) is 24.3 Å². The van der Waals surface area contributed by atoms with Gasteiger partial charge < -0.3 is 68.5 Å². The zero-order valence-corrected chi connectivity index (χ0v) is 33.7. The number of anilines is 1. The highest BCUT2D eigenvalue weighted by Gasteiger charge is 2.34. The summed E-state index contributed by atoms with van der Waals surface area (Å²) < 4.78 is 0. The molecule has 328 valence electrons. The van der Waals surface area contributed by atoms with Crippen molar-refractivity contribution < 1.29 is 55.5 Å². The van der Waals surface area contributed by atoms with Crippen LogP contribution in [0.3, 0.4) is 0 Å². The van der Waals surface area contributed by atoms with Crippen LogP contribution < -0.4 is 27.8 Å². The number of nitrogen functional groups attached to an aromatic ring is 1. The summed E-state index contributed by atoms with van der Waals surface area (Å²) in [7, 11) is 0. The number of halogens is 1. The number of hydrogen-bond donors (Lipinski definition) is 14. The number of guanidine groups is 1. The maximum atomic E-state index is 12.4. The van der Waals surface area contributed by atoms with E-state index < -0.39 is 73.3 Å². The predicted octanol–water partition coefficient (Wildman–Crippen LogP) is -3.55. The van der Waals surface area contributed by atoms with Gasteiger partial charge in [-0.05, 0) is 76.1 Å². The summed E-state index contributed by atoms with van der Waals surface area (Å²) in [5.74, 6) is -1.39. The van der Waals surface area contributed by atoms with E-state index >= 15 is 0 Å². The third-order valence-corrected chi connectivity index (χ3v) is 9.91. The molecular weight excluding hydrogens is 782 g/mol. The van der Waals surface area contributed by atoms with Crippen LogP contribution in [0.2, 0.25) is 5.15 Å². The van der Waals surface area contributed by atoms with E-state index in [0.717, 1.165) is 24.0 Å². The number of aliphatic imine (C=N–C) groups is 1. The number of aliphatic hydroxyl groups excluding tert-OH is 9. The maximum Gasteiger partial charge on any atom is 0.280 e. The van der Waals surface area contributed by atoms with E-state index in [2.05, 4.69) is 25.6 Å². The number of amides is 2. The van der Waals surface area contributed by atoms with Crippen molar-refractivity contribution in [2.45, 2.75) is 114 Å². The third-order valence-electron chi connectivity index (χ3n) is 9.55. The molecule has 0 radical (unpaired) electrons. The van der Waals surface area contributed by atoms with E-state index in [0.29, 0.717) is 37.9 Å². The van der Waals surface area contributed by atoms with Crippen molar-refractivity contribution in [2.75, 3.05) is 45.1 Å². The summed E-state index contributed by atoms with van der Waals surface area (Å²) >= 11 is 5.94. The van der Waals surface area contributed by atoms with Gasteiger partial charge >= 0.3 is 0 Å². The Bertz CT molecular complexity index is 1550. The van der Waals surface area contributed by atoms with Crippen molar-refractivity contribution in [1.82, 2.24) is 25.5 Å². The van der Waals surface area contributed by atoms with Crippen molar-refractivity contribution in [1.29, 1.82) is 0 Å². The second-order valence-corrected chi connectivity index (χ2v) is 14.6. The first-order chi connectivity index (χ1) is 27.4. The van der Waals surface area contributed by atoms with Crippen LogP contribution in [0.5, 0.6) is 0 Å². The highest BCUT2D eigenvalue weighted by molar-refractivity contribution is 6.30. The van der Waals surface area contributed by atoms with Crippen LogP contribution in [-0.4, -0.2) is 173 Å². The van der Waals surface area contributed by atoms with Crippen LogP contribution in [-0.2, 0) is 17.6 Å². The molecule has 0 aliphatic carbocycles. The first-order valence-electron chi connectivity index (χ1n) is 19.2. The maximum absolute atomic E-state index is 12.4. The Morgan fingerprint density at radius 1 is 0.828 bits per heavy atom. The number of nitrogens with two attached hydrogens (primary N) is 3. The summed E-state index contributed by atoms with van der Waals surface area (Å²) in [6.07, 6.45) is -9.77. The second-order valence-electron chi connectivity index (χ2n) is 14.2.